The summed E-state index contributed by atoms with van der Waals surface area (Å²) in [5.74, 6) is 0. The number of halogens is 2. The summed E-state index contributed by atoms with van der Waals surface area (Å²) < 4.78 is 7.14. The van der Waals surface area contributed by atoms with Gasteiger partial charge in [0.1, 0.15) is 0 Å². The quantitative estimate of drug-likeness (QED) is 0.756. The average Bonchev–Trinajstić information content (AvgIpc) is 2.55. The lowest BCUT2D eigenvalue weighted by molar-refractivity contribution is 0.0248. The molecule has 6 heteroatoms. The van der Waals surface area contributed by atoms with Gasteiger partial charge in [-0.3, -0.25) is 0 Å². The predicted octanol–water partition coefficient (Wildman–Crippen LogP) is 3.15. The van der Waals surface area contributed by atoms with E-state index in [1.165, 1.54) is 4.88 Å². The number of ether oxygens (including phenoxy) is 1. The van der Waals surface area contributed by atoms with Crippen LogP contribution >= 0.6 is 43.2 Å². The highest BCUT2D eigenvalue weighted by atomic mass is 79.9. The van der Waals surface area contributed by atoms with Gasteiger partial charge in [-0.05, 0) is 44.8 Å². The molecule has 17 heavy (non-hydrogen) atoms. The number of methoxy groups -OCH3 is 1. The standard InChI is InChI=1S/C11H17Br2NO2S/c1-11(15,3-4-16-2)7-14-6-8-5-9(12)10(13)17-8/h5,14-15H,3-4,6-7H2,1-2H3. The van der Waals surface area contributed by atoms with Crippen molar-refractivity contribution in [3.05, 3.63) is 19.2 Å². The van der Waals surface area contributed by atoms with Crippen LogP contribution in [-0.4, -0.2) is 31.0 Å². The Kier molecular flexibility index (Phi) is 6.61. The third-order valence-corrected chi connectivity index (χ3v) is 5.60. The van der Waals surface area contributed by atoms with Gasteiger partial charge in [-0.1, -0.05) is 0 Å². The minimum atomic E-state index is -0.721. The summed E-state index contributed by atoms with van der Waals surface area (Å²) in [7, 11) is 1.64. The van der Waals surface area contributed by atoms with E-state index in [-0.39, 0.29) is 0 Å². The van der Waals surface area contributed by atoms with E-state index >= 15 is 0 Å². The van der Waals surface area contributed by atoms with Gasteiger partial charge < -0.3 is 15.2 Å². The molecule has 1 rings (SSSR count). The molecular weight excluding hydrogens is 370 g/mol. The Labute approximate surface area is 123 Å². The fraction of sp³-hybridized carbons (Fsp3) is 0.636. The molecule has 1 aromatic rings. The van der Waals surface area contributed by atoms with Crippen LogP contribution in [0.2, 0.25) is 0 Å². The van der Waals surface area contributed by atoms with Crippen LogP contribution in [0.5, 0.6) is 0 Å². The summed E-state index contributed by atoms with van der Waals surface area (Å²) in [6, 6.07) is 2.08. The van der Waals surface area contributed by atoms with Crippen LogP contribution in [0.4, 0.5) is 0 Å². The fourth-order valence-corrected chi connectivity index (χ4v) is 3.49. The molecule has 0 spiro atoms. The summed E-state index contributed by atoms with van der Waals surface area (Å²) in [6.45, 7) is 3.71. The minimum Gasteiger partial charge on any atom is -0.389 e. The van der Waals surface area contributed by atoms with Gasteiger partial charge in [0.05, 0.1) is 9.39 Å². The van der Waals surface area contributed by atoms with Crippen LogP contribution in [0, 0.1) is 0 Å². The van der Waals surface area contributed by atoms with Crippen molar-refractivity contribution >= 4 is 43.2 Å². The van der Waals surface area contributed by atoms with Crippen molar-refractivity contribution in [1.82, 2.24) is 5.32 Å². The smallest absolute Gasteiger partial charge is 0.0843 e. The summed E-state index contributed by atoms with van der Waals surface area (Å²) >= 11 is 8.59. The van der Waals surface area contributed by atoms with E-state index in [4.69, 9.17) is 4.74 Å². The first-order valence-electron chi connectivity index (χ1n) is 5.30. The summed E-state index contributed by atoms with van der Waals surface area (Å²) in [5, 5.41) is 13.3. The van der Waals surface area contributed by atoms with E-state index in [2.05, 4.69) is 43.2 Å². The second kappa shape index (κ2) is 7.21. The number of thiophene rings is 1. The molecule has 0 saturated heterocycles. The third-order valence-electron chi connectivity index (χ3n) is 2.35. The van der Waals surface area contributed by atoms with Crippen molar-refractivity contribution in [2.75, 3.05) is 20.3 Å². The normalized spacial score (nSPS) is 14.9. The lowest BCUT2D eigenvalue weighted by Crippen LogP contribution is -2.38. The maximum atomic E-state index is 10.0. The van der Waals surface area contributed by atoms with Crippen molar-refractivity contribution in [1.29, 1.82) is 0 Å². The Morgan fingerprint density at radius 3 is 2.76 bits per heavy atom. The second-order valence-corrected chi connectivity index (χ2v) is 7.49. The van der Waals surface area contributed by atoms with Crippen LogP contribution in [0.3, 0.4) is 0 Å². The first-order chi connectivity index (χ1) is 7.94. The largest absolute Gasteiger partial charge is 0.389 e. The van der Waals surface area contributed by atoms with E-state index in [0.717, 1.165) is 14.8 Å². The van der Waals surface area contributed by atoms with E-state index in [9.17, 15) is 5.11 Å². The molecule has 1 aromatic heterocycles. The van der Waals surface area contributed by atoms with Gasteiger partial charge in [-0.15, -0.1) is 11.3 Å². The van der Waals surface area contributed by atoms with Crippen LogP contribution in [0.25, 0.3) is 0 Å². The van der Waals surface area contributed by atoms with Crippen LogP contribution in [-0.2, 0) is 11.3 Å². The van der Waals surface area contributed by atoms with Crippen molar-refractivity contribution in [3.63, 3.8) is 0 Å². The van der Waals surface area contributed by atoms with Crippen molar-refractivity contribution < 1.29 is 9.84 Å². The lowest BCUT2D eigenvalue weighted by Gasteiger charge is -2.23. The molecule has 0 aliphatic rings. The highest BCUT2D eigenvalue weighted by molar-refractivity contribution is 9.13. The van der Waals surface area contributed by atoms with E-state index in [1.54, 1.807) is 18.4 Å². The number of hydrogen-bond acceptors (Lipinski definition) is 4. The molecule has 1 atom stereocenters. The Bertz CT molecular complexity index is 336. The van der Waals surface area contributed by atoms with Gasteiger partial charge in [-0.25, -0.2) is 0 Å². The van der Waals surface area contributed by atoms with Crippen molar-refractivity contribution in [2.24, 2.45) is 0 Å². The highest BCUT2D eigenvalue weighted by Gasteiger charge is 2.19. The number of hydrogen-bond donors (Lipinski definition) is 2. The van der Waals surface area contributed by atoms with Gasteiger partial charge in [0.15, 0.2) is 0 Å². The molecule has 0 fully saturated rings. The fourth-order valence-electron chi connectivity index (χ4n) is 1.34. The van der Waals surface area contributed by atoms with Gasteiger partial charge in [-0.2, -0.15) is 0 Å². The summed E-state index contributed by atoms with van der Waals surface area (Å²) in [4.78, 5) is 1.23. The highest BCUT2D eigenvalue weighted by Crippen LogP contribution is 2.32. The van der Waals surface area contributed by atoms with Crippen molar-refractivity contribution in [3.8, 4) is 0 Å². The molecule has 98 valence electrons. The topological polar surface area (TPSA) is 41.5 Å². The lowest BCUT2D eigenvalue weighted by atomic mass is 10.0. The zero-order chi connectivity index (χ0) is 12.9. The Balaban J connectivity index is 2.31. The molecule has 3 nitrogen and oxygen atoms in total. The Morgan fingerprint density at radius 2 is 2.24 bits per heavy atom. The van der Waals surface area contributed by atoms with E-state index in [1.807, 2.05) is 6.92 Å². The molecule has 1 unspecified atom stereocenters. The minimum absolute atomic E-state index is 0.559. The molecule has 0 saturated carbocycles. The van der Waals surface area contributed by atoms with E-state index in [0.29, 0.717) is 19.6 Å². The molecule has 0 radical (unpaired) electrons. The zero-order valence-corrected chi connectivity index (χ0v) is 13.9. The number of aliphatic hydroxyl groups is 1. The van der Waals surface area contributed by atoms with Crippen molar-refractivity contribution in [2.45, 2.75) is 25.5 Å². The monoisotopic (exact) mass is 385 g/mol. The molecule has 0 bridgehead atoms. The molecule has 1 heterocycles. The Morgan fingerprint density at radius 1 is 1.53 bits per heavy atom. The third kappa shape index (κ3) is 5.81. The zero-order valence-electron chi connectivity index (χ0n) is 9.93. The summed E-state index contributed by atoms with van der Waals surface area (Å²) in [5.41, 5.74) is -0.721. The Hall–Kier alpha value is 0.540. The number of nitrogens with one attached hydrogen (secondary N) is 1. The average molecular weight is 387 g/mol. The van der Waals surface area contributed by atoms with E-state index < -0.39 is 5.60 Å². The maximum Gasteiger partial charge on any atom is 0.0843 e. The van der Waals surface area contributed by atoms with Crippen LogP contribution in [0.1, 0.15) is 18.2 Å². The molecule has 0 amide bonds. The van der Waals surface area contributed by atoms with Crippen LogP contribution in [0.15, 0.2) is 14.3 Å². The first-order valence-corrected chi connectivity index (χ1v) is 7.70. The molecule has 0 aliphatic heterocycles. The van der Waals surface area contributed by atoms with Gasteiger partial charge in [0.2, 0.25) is 0 Å². The molecule has 2 N–H and O–H groups in total. The molecular formula is C11H17Br2NO2S. The first kappa shape index (κ1) is 15.6. The summed E-state index contributed by atoms with van der Waals surface area (Å²) in [6.07, 6.45) is 0.633. The predicted molar refractivity (Wildman–Crippen MR) is 78.5 cm³/mol. The number of rotatable bonds is 7. The SMILES string of the molecule is COCCC(C)(O)CNCc1cc(Br)c(Br)s1. The van der Waals surface area contributed by atoms with Crippen LogP contribution < -0.4 is 5.32 Å². The second-order valence-electron chi connectivity index (χ2n) is 4.18. The maximum absolute atomic E-state index is 10.0. The van der Waals surface area contributed by atoms with Gasteiger partial charge >= 0.3 is 0 Å². The van der Waals surface area contributed by atoms with Gasteiger partial charge in [0.25, 0.3) is 0 Å². The molecule has 0 aliphatic carbocycles. The molecule has 0 aromatic carbocycles. The van der Waals surface area contributed by atoms with Gasteiger partial charge in [0, 0.05) is 42.6 Å².